The Balaban J connectivity index is 1.75. The van der Waals surface area contributed by atoms with Crippen LogP contribution in [0.2, 0.25) is 0 Å². The number of hydrogen-bond acceptors (Lipinski definition) is 5. The Kier molecular flexibility index (Phi) is 4.15. The lowest BCUT2D eigenvalue weighted by atomic mass is 10.1. The number of fused-ring (bicyclic) bond motifs is 1. The van der Waals surface area contributed by atoms with Crippen molar-refractivity contribution < 1.29 is 4.79 Å². The summed E-state index contributed by atoms with van der Waals surface area (Å²) in [7, 11) is 0. The average Bonchev–Trinajstić information content (AvgIpc) is 3.10. The van der Waals surface area contributed by atoms with E-state index < -0.39 is 0 Å². The van der Waals surface area contributed by atoms with Crippen LogP contribution in [0.5, 0.6) is 0 Å². The van der Waals surface area contributed by atoms with E-state index in [1.807, 2.05) is 43.0 Å². The van der Waals surface area contributed by atoms with E-state index in [4.69, 9.17) is 0 Å². The third-order valence-corrected chi connectivity index (χ3v) is 4.52. The fraction of sp³-hybridized carbons (Fsp3) is 0.333. The Morgan fingerprint density at radius 3 is 2.59 bits per heavy atom. The van der Waals surface area contributed by atoms with Crippen molar-refractivity contribution in [1.29, 1.82) is 0 Å². The molecule has 0 spiro atoms. The molecule has 3 rings (SSSR count). The highest BCUT2D eigenvalue weighted by atomic mass is 32.1. The zero-order chi connectivity index (χ0) is 15.5. The number of rotatable bonds is 5. The molecule has 6 nitrogen and oxygen atoms in total. The molecule has 0 unspecified atom stereocenters. The molecule has 2 aromatic heterocycles. The highest BCUT2D eigenvalue weighted by Gasteiger charge is 2.11. The van der Waals surface area contributed by atoms with E-state index in [0.29, 0.717) is 6.42 Å². The SMILES string of the molecule is CCN(CC)C(=O)Cc1ccc(-c2nn3cnnc3s2)cc1. The molecular weight excluding hydrogens is 298 g/mol. The van der Waals surface area contributed by atoms with Crippen LogP contribution in [0.15, 0.2) is 30.6 Å². The van der Waals surface area contributed by atoms with Crippen LogP contribution < -0.4 is 0 Å². The monoisotopic (exact) mass is 315 g/mol. The first-order valence-corrected chi connectivity index (χ1v) is 8.06. The van der Waals surface area contributed by atoms with E-state index in [1.54, 1.807) is 10.8 Å². The molecule has 114 valence electrons. The fourth-order valence-electron chi connectivity index (χ4n) is 2.30. The second kappa shape index (κ2) is 6.23. The van der Waals surface area contributed by atoms with Gasteiger partial charge >= 0.3 is 0 Å². The van der Waals surface area contributed by atoms with Gasteiger partial charge in [-0.2, -0.15) is 9.61 Å². The maximum atomic E-state index is 12.1. The van der Waals surface area contributed by atoms with Crippen LogP contribution in [-0.4, -0.2) is 43.7 Å². The van der Waals surface area contributed by atoms with Gasteiger partial charge in [0.1, 0.15) is 11.3 Å². The molecule has 0 aliphatic rings. The number of aromatic nitrogens is 4. The first kappa shape index (κ1) is 14.6. The van der Waals surface area contributed by atoms with Gasteiger partial charge in [-0.1, -0.05) is 35.6 Å². The van der Waals surface area contributed by atoms with Crippen LogP contribution in [0, 0.1) is 0 Å². The standard InChI is InChI=1S/C15H17N5OS/c1-3-19(4-2)13(21)9-11-5-7-12(8-6-11)14-18-20-10-16-17-15(20)22-14/h5-8,10H,3-4,9H2,1-2H3. The van der Waals surface area contributed by atoms with Gasteiger partial charge in [-0.05, 0) is 19.4 Å². The zero-order valence-electron chi connectivity index (χ0n) is 12.6. The van der Waals surface area contributed by atoms with Crippen molar-refractivity contribution in [3.05, 3.63) is 36.2 Å². The second-order valence-electron chi connectivity index (χ2n) is 4.91. The summed E-state index contributed by atoms with van der Waals surface area (Å²) in [6.07, 6.45) is 2.03. The van der Waals surface area contributed by atoms with E-state index in [0.717, 1.165) is 34.2 Å². The summed E-state index contributed by atoms with van der Waals surface area (Å²) in [5.74, 6) is 0.163. The Bertz CT molecular complexity index is 744. The third kappa shape index (κ3) is 2.85. The first-order chi connectivity index (χ1) is 10.7. The second-order valence-corrected chi connectivity index (χ2v) is 5.86. The van der Waals surface area contributed by atoms with Crippen LogP contribution in [0.4, 0.5) is 0 Å². The van der Waals surface area contributed by atoms with Gasteiger partial charge in [0.15, 0.2) is 0 Å². The predicted molar refractivity (Wildman–Crippen MR) is 85.7 cm³/mol. The summed E-state index contributed by atoms with van der Waals surface area (Å²) in [6.45, 7) is 5.50. The van der Waals surface area contributed by atoms with Gasteiger partial charge in [0, 0.05) is 18.7 Å². The minimum absolute atomic E-state index is 0.163. The Hall–Kier alpha value is -2.28. The predicted octanol–water partition coefficient (Wildman–Crippen LogP) is 2.26. The lowest BCUT2D eigenvalue weighted by Gasteiger charge is -2.18. The highest BCUT2D eigenvalue weighted by Crippen LogP contribution is 2.24. The molecule has 0 fully saturated rings. The number of nitrogens with zero attached hydrogens (tertiary/aromatic N) is 5. The summed E-state index contributed by atoms with van der Waals surface area (Å²) < 4.78 is 1.66. The summed E-state index contributed by atoms with van der Waals surface area (Å²) in [5.41, 5.74) is 2.04. The van der Waals surface area contributed by atoms with Crippen LogP contribution in [-0.2, 0) is 11.2 Å². The van der Waals surface area contributed by atoms with E-state index >= 15 is 0 Å². The van der Waals surface area contributed by atoms with E-state index in [-0.39, 0.29) is 5.91 Å². The molecule has 0 saturated heterocycles. The molecule has 1 aromatic carbocycles. The first-order valence-electron chi connectivity index (χ1n) is 7.25. The summed E-state index contributed by atoms with van der Waals surface area (Å²) in [5, 5.41) is 13.1. The lowest BCUT2D eigenvalue weighted by molar-refractivity contribution is -0.130. The quantitative estimate of drug-likeness (QED) is 0.724. The number of benzene rings is 1. The summed E-state index contributed by atoms with van der Waals surface area (Å²) in [4.78, 5) is 14.7. The zero-order valence-corrected chi connectivity index (χ0v) is 13.4. The van der Waals surface area contributed by atoms with Gasteiger partial charge in [-0.15, -0.1) is 10.2 Å². The molecule has 0 radical (unpaired) electrons. The molecule has 0 aliphatic heterocycles. The van der Waals surface area contributed by atoms with Gasteiger partial charge < -0.3 is 4.90 Å². The maximum absolute atomic E-state index is 12.1. The number of likely N-dealkylation sites (N-methyl/N-ethyl adjacent to an activating group) is 1. The van der Waals surface area contributed by atoms with E-state index in [2.05, 4.69) is 15.3 Å². The van der Waals surface area contributed by atoms with Gasteiger partial charge in [0.25, 0.3) is 0 Å². The molecule has 22 heavy (non-hydrogen) atoms. The third-order valence-electron chi connectivity index (χ3n) is 3.56. The molecule has 0 N–H and O–H groups in total. The van der Waals surface area contributed by atoms with Gasteiger partial charge in [-0.3, -0.25) is 4.79 Å². The number of carbonyl (C=O) groups excluding carboxylic acids is 1. The van der Waals surface area contributed by atoms with Crippen molar-refractivity contribution in [2.45, 2.75) is 20.3 Å². The summed E-state index contributed by atoms with van der Waals surface area (Å²) >= 11 is 1.49. The van der Waals surface area contributed by atoms with Crippen molar-refractivity contribution in [3.8, 4) is 10.6 Å². The molecule has 0 atom stereocenters. The van der Waals surface area contributed by atoms with Crippen LogP contribution in [0.1, 0.15) is 19.4 Å². The minimum atomic E-state index is 0.163. The Labute approximate surface area is 132 Å². The molecule has 2 heterocycles. The van der Waals surface area contributed by atoms with Gasteiger partial charge in [0.05, 0.1) is 6.42 Å². The average molecular weight is 315 g/mol. The molecule has 7 heteroatoms. The summed E-state index contributed by atoms with van der Waals surface area (Å²) in [6, 6.07) is 7.96. The smallest absolute Gasteiger partial charge is 0.234 e. The molecule has 0 bridgehead atoms. The van der Waals surface area contributed by atoms with Crippen molar-refractivity contribution in [1.82, 2.24) is 24.7 Å². The Morgan fingerprint density at radius 1 is 1.23 bits per heavy atom. The molecular formula is C15H17N5OS. The van der Waals surface area contributed by atoms with Crippen LogP contribution in [0.3, 0.4) is 0 Å². The normalized spacial score (nSPS) is 11.0. The minimum Gasteiger partial charge on any atom is -0.343 e. The van der Waals surface area contributed by atoms with Crippen molar-refractivity contribution in [3.63, 3.8) is 0 Å². The van der Waals surface area contributed by atoms with Gasteiger partial charge in [0.2, 0.25) is 10.9 Å². The number of hydrogen-bond donors (Lipinski definition) is 0. The topological polar surface area (TPSA) is 63.4 Å². The lowest BCUT2D eigenvalue weighted by Crippen LogP contribution is -2.31. The fourth-order valence-corrected chi connectivity index (χ4v) is 3.13. The number of amides is 1. The highest BCUT2D eigenvalue weighted by molar-refractivity contribution is 7.19. The van der Waals surface area contributed by atoms with Crippen molar-refractivity contribution >= 4 is 22.2 Å². The van der Waals surface area contributed by atoms with Crippen molar-refractivity contribution in [2.24, 2.45) is 0 Å². The largest absolute Gasteiger partial charge is 0.343 e. The van der Waals surface area contributed by atoms with E-state index in [1.165, 1.54) is 11.3 Å². The van der Waals surface area contributed by atoms with Crippen LogP contribution in [0.25, 0.3) is 15.5 Å². The Morgan fingerprint density at radius 2 is 1.95 bits per heavy atom. The molecule has 3 aromatic rings. The molecule has 0 aliphatic carbocycles. The molecule has 1 amide bonds. The van der Waals surface area contributed by atoms with Crippen molar-refractivity contribution in [2.75, 3.05) is 13.1 Å². The number of carbonyl (C=O) groups is 1. The van der Waals surface area contributed by atoms with Gasteiger partial charge in [-0.25, -0.2) is 0 Å². The maximum Gasteiger partial charge on any atom is 0.234 e. The van der Waals surface area contributed by atoms with E-state index in [9.17, 15) is 4.79 Å². The molecule has 0 saturated carbocycles. The van der Waals surface area contributed by atoms with Crippen LogP contribution >= 0.6 is 11.3 Å².